The number of hydrogen-bond acceptors (Lipinski definition) is 4. The summed E-state index contributed by atoms with van der Waals surface area (Å²) in [4.78, 5) is 35.3. The van der Waals surface area contributed by atoms with Crippen LogP contribution in [0.4, 0.5) is 5.82 Å². The SMILES string of the molecule is Cc1cc(NC(=O)c2cccnc2)ncc1C=CC(=O)N1CC2C=C(c3ccccc3)CC2C1. The van der Waals surface area contributed by atoms with Crippen LogP contribution in [0.2, 0.25) is 0 Å². The average molecular weight is 451 g/mol. The fourth-order valence-corrected chi connectivity index (χ4v) is 4.72. The van der Waals surface area contributed by atoms with Crippen LogP contribution in [0, 0.1) is 18.8 Å². The second kappa shape index (κ2) is 9.43. The smallest absolute Gasteiger partial charge is 0.258 e. The Labute approximate surface area is 199 Å². The van der Waals surface area contributed by atoms with Crippen molar-refractivity contribution >= 4 is 29.3 Å². The number of anilines is 1. The number of benzene rings is 1. The molecule has 0 bridgehead atoms. The molecule has 1 aliphatic carbocycles. The quantitative estimate of drug-likeness (QED) is 0.576. The average Bonchev–Trinajstić information content (AvgIpc) is 3.44. The molecule has 2 amide bonds. The minimum atomic E-state index is -0.262. The molecular weight excluding hydrogens is 424 g/mol. The third-order valence-corrected chi connectivity index (χ3v) is 6.57. The van der Waals surface area contributed by atoms with Gasteiger partial charge in [-0.3, -0.25) is 14.6 Å². The van der Waals surface area contributed by atoms with E-state index >= 15 is 0 Å². The van der Waals surface area contributed by atoms with Gasteiger partial charge in [0, 0.05) is 37.8 Å². The highest BCUT2D eigenvalue weighted by atomic mass is 16.2. The van der Waals surface area contributed by atoms with Gasteiger partial charge in [0.25, 0.3) is 5.91 Å². The van der Waals surface area contributed by atoms with E-state index in [1.165, 1.54) is 17.3 Å². The van der Waals surface area contributed by atoms with E-state index in [-0.39, 0.29) is 11.8 Å². The van der Waals surface area contributed by atoms with Crippen molar-refractivity contribution in [2.75, 3.05) is 18.4 Å². The van der Waals surface area contributed by atoms with Crippen molar-refractivity contribution in [2.24, 2.45) is 11.8 Å². The van der Waals surface area contributed by atoms with Crippen molar-refractivity contribution in [3.63, 3.8) is 0 Å². The van der Waals surface area contributed by atoms with Crippen LogP contribution in [0.1, 0.15) is 33.5 Å². The van der Waals surface area contributed by atoms with E-state index < -0.39 is 0 Å². The molecule has 34 heavy (non-hydrogen) atoms. The van der Waals surface area contributed by atoms with Crippen LogP contribution in [-0.2, 0) is 4.79 Å². The Bertz CT molecular complexity index is 1270. The number of aromatic nitrogens is 2. The molecule has 1 fully saturated rings. The molecule has 170 valence electrons. The maximum atomic E-state index is 12.8. The van der Waals surface area contributed by atoms with Crippen LogP contribution in [-0.4, -0.2) is 39.8 Å². The molecule has 2 aromatic heterocycles. The van der Waals surface area contributed by atoms with Gasteiger partial charge in [0.05, 0.1) is 5.56 Å². The number of amides is 2. The number of fused-ring (bicyclic) bond motifs is 1. The Balaban J connectivity index is 1.19. The van der Waals surface area contributed by atoms with Gasteiger partial charge in [-0.05, 0) is 71.7 Å². The molecule has 0 saturated carbocycles. The first-order valence-corrected chi connectivity index (χ1v) is 11.5. The Morgan fingerprint density at radius 1 is 1.09 bits per heavy atom. The highest BCUT2D eigenvalue weighted by molar-refractivity contribution is 6.03. The molecule has 3 aromatic rings. The van der Waals surface area contributed by atoms with Gasteiger partial charge in [0.2, 0.25) is 5.91 Å². The van der Waals surface area contributed by atoms with Crippen LogP contribution in [0.5, 0.6) is 0 Å². The summed E-state index contributed by atoms with van der Waals surface area (Å²) >= 11 is 0. The van der Waals surface area contributed by atoms with E-state index in [9.17, 15) is 9.59 Å². The molecule has 1 aromatic carbocycles. The normalized spacial score (nSPS) is 19.2. The lowest BCUT2D eigenvalue weighted by Crippen LogP contribution is -2.27. The lowest BCUT2D eigenvalue weighted by atomic mass is 9.98. The topological polar surface area (TPSA) is 75.2 Å². The summed E-state index contributed by atoms with van der Waals surface area (Å²) in [5.74, 6) is 1.15. The van der Waals surface area contributed by atoms with Gasteiger partial charge in [0.15, 0.2) is 0 Å². The highest BCUT2D eigenvalue weighted by Gasteiger charge is 2.37. The van der Waals surface area contributed by atoms with Crippen molar-refractivity contribution < 1.29 is 9.59 Å². The summed E-state index contributed by atoms with van der Waals surface area (Å²) in [7, 11) is 0. The van der Waals surface area contributed by atoms with Crippen molar-refractivity contribution in [3.05, 3.63) is 102 Å². The van der Waals surface area contributed by atoms with E-state index in [1.807, 2.05) is 17.9 Å². The highest BCUT2D eigenvalue weighted by Crippen LogP contribution is 2.40. The van der Waals surface area contributed by atoms with Crippen LogP contribution in [0.25, 0.3) is 11.6 Å². The molecule has 2 atom stereocenters. The number of carbonyl (C=O) groups is 2. The lowest BCUT2D eigenvalue weighted by molar-refractivity contribution is -0.125. The van der Waals surface area contributed by atoms with Crippen LogP contribution < -0.4 is 5.32 Å². The summed E-state index contributed by atoms with van der Waals surface area (Å²) in [6.45, 7) is 3.49. The van der Waals surface area contributed by atoms with Gasteiger partial charge in [-0.2, -0.15) is 0 Å². The van der Waals surface area contributed by atoms with Gasteiger partial charge < -0.3 is 10.2 Å². The third-order valence-electron chi connectivity index (χ3n) is 6.57. The zero-order chi connectivity index (χ0) is 23.5. The van der Waals surface area contributed by atoms with Crippen LogP contribution >= 0.6 is 0 Å². The van der Waals surface area contributed by atoms with Crippen molar-refractivity contribution in [2.45, 2.75) is 13.3 Å². The second-order valence-electron chi connectivity index (χ2n) is 8.88. The monoisotopic (exact) mass is 450 g/mol. The molecule has 0 radical (unpaired) electrons. The van der Waals surface area contributed by atoms with E-state index in [1.54, 1.807) is 42.7 Å². The maximum Gasteiger partial charge on any atom is 0.258 e. The molecule has 0 spiro atoms. The predicted octanol–water partition coefficient (Wildman–Crippen LogP) is 4.61. The minimum absolute atomic E-state index is 0.0254. The molecule has 6 nitrogen and oxygen atoms in total. The van der Waals surface area contributed by atoms with Crippen LogP contribution in [0.3, 0.4) is 0 Å². The van der Waals surface area contributed by atoms with Gasteiger partial charge >= 0.3 is 0 Å². The molecule has 2 unspecified atom stereocenters. The lowest BCUT2D eigenvalue weighted by Gasteiger charge is -2.15. The second-order valence-corrected chi connectivity index (χ2v) is 8.88. The van der Waals surface area contributed by atoms with Crippen molar-refractivity contribution in [3.8, 4) is 0 Å². The molecule has 6 heteroatoms. The summed E-state index contributed by atoms with van der Waals surface area (Å²) in [6.07, 6.45) is 11.6. The number of pyridine rings is 2. The Hall–Kier alpha value is -4.06. The summed E-state index contributed by atoms with van der Waals surface area (Å²) in [5.41, 5.74) is 4.93. The zero-order valence-electron chi connectivity index (χ0n) is 19.0. The number of rotatable bonds is 5. The molecule has 1 N–H and O–H groups in total. The van der Waals surface area contributed by atoms with Crippen molar-refractivity contribution in [1.29, 1.82) is 0 Å². The third kappa shape index (κ3) is 4.66. The molecule has 2 aliphatic rings. The van der Waals surface area contributed by atoms with E-state index in [0.29, 0.717) is 23.2 Å². The first kappa shape index (κ1) is 21.8. The molecule has 5 rings (SSSR count). The first-order chi connectivity index (χ1) is 16.6. The largest absolute Gasteiger partial charge is 0.338 e. The van der Waals surface area contributed by atoms with Crippen molar-refractivity contribution in [1.82, 2.24) is 14.9 Å². The summed E-state index contributed by atoms with van der Waals surface area (Å²) in [5, 5.41) is 2.78. The first-order valence-electron chi connectivity index (χ1n) is 11.5. The zero-order valence-corrected chi connectivity index (χ0v) is 19.0. The standard InChI is InChI=1S/C28H26N4O2/c1-19-12-26(31-28(34)22-8-5-11-29-15-22)30-16-21(19)9-10-27(33)32-17-24-13-23(14-25(24)18-32)20-6-3-2-4-7-20/h2-13,15-16,24-25H,14,17-18H2,1H3,(H,30,31,34). The predicted molar refractivity (Wildman–Crippen MR) is 133 cm³/mol. The number of nitrogens with one attached hydrogen (secondary N) is 1. The summed E-state index contributed by atoms with van der Waals surface area (Å²) < 4.78 is 0. The maximum absolute atomic E-state index is 12.8. The Morgan fingerprint density at radius 3 is 2.68 bits per heavy atom. The van der Waals surface area contributed by atoms with Gasteiger partial charge in [-0.25, -0.2) is 4.98 Å². The number of allylic oxidation sites excluding steroid dienone is 1. The van der Waals surface area contributed by atoms with Crippen LogP contribution in [0.15, 0.2) is 79.3 Å². The number of nitrogens with zero attached hydrogens (tertiary/aromatic N) is 3. The van der Waals surface area contributed by atoms with E-state index in [4.69, 9.17) is 0 Å². The fourth-order valence-electron chi connectivity index (χ4n) is 4.72. The van der Waals surface area contributed by atoms with Gasteiger partial charge in [0.1, 0.15) is 5.82 Å². The molecule has 1 aliphatic heterocycles. The number of carbonyl (C=O) groups excluding carboxylic acids is 2. The number of hydrogen-bond donors (Lipinski definition) is 1. The Kier molecular flexibility index (Phi) is 6.04. The van der Waals surface area contributed by atoms with E-state index in [0.717, 1.165) is 30.6 Å². The van der Waals surface area contributed by atoms with E-state index in [2.05, 4.69) is 45.6 Å². The molecule has 1 saturated heterocycles. The number of likely N-dealkylation sites (tertiary alicyclic amines) is 1. The fraction of sp³-hybridized carbons (Fsp3) is 0.214. The number of aryl methyl sites for hydroxylation is 1. The molecular formula is C28H26N4O2. The Morgan fingerprint density at radius 2 is 1.94 bits per heavy atom. The summed E-state index contributed by atoms with van der Waals surface area (Å²) in [6, 6.07) is 15.7. The van der Waals surface area contributed by atoms with Gasteiger partial charge in [-0.15, -0.1) is 0 Å². The van der Waals surface area contributed by atoms with Gasteiger partial charge in [-0.1, -0.05) is 36.4 Å². The molecule has 3 heterocycles. The minimum Gasteiger partial charge on any atom is -0.338 e.